The third-order valence-electron chi connectivity index (χ3n) is 5.62. The van der Waals surface area contributed by atoms with E-state index in [1.165, 1.54) is 0 Å². The minimum absolute atomic E-state index is 0.0759. The summed E-state index contributed by atoms with van der Waals surface area (Å²) >= 11 is 0. The van der Waals surface area contributed by atoms with Crippen LogP contribution >= 0.6 is 0 Å². The molecule has 0 saturated carbocycles. The Labute approximate surface area is 200 Å². The van der Waals surface area contributed by atoms with Crippen molar-refractivity contribution >= 4 is 5.91 Å². The Morgan fingerprint density at radius 3 is 2.56 bits per heavy atom. The molecule has 0 aliphatic carbocycles. The van der Waals surface area contributed by atoms with Gasteiger partial charge in [0.2, 0.25) is 5.88 Å². The molecule has 0 atom stereocenters. The van der Waals surface area contributed by atoms with E-state index < -0.39 is 0 Å². The van der Waals surface area contributed by atoms with Gasteiger partial charge < -0.3 is 23.8 Å². The lowest BCUT2D eigenvalue weighted by atomic mass is 10.1. The predicted molar refractivity (Wildman–Crippen MR) is 129 cm³/mol. The zero-order valence-electron chi connectivity index (χ0n) is 19.4. The van der Waals surface area contributed by atoms with Gasteiger partial charge in [-0.2, -0.15) is 0 Å². The summed E-state index contributed by atoms with van der Waals surface area (Å²) in [5.74, 6) is 2.80. The van der Waals surface area contributed by atoms with Crippen LogP contribution in [0.1, 0.15) is 31.2 Å². The van der Waals surface area contributed by atoms with Gasteiger partial charge in [-0.05, 0) is 43.2 Å². The normalized spacial score (nSPS) is 14.4. The number of nitrogens with zero attached hydrogens (tertiary/aromatic N) is 2. The van der Waals surface area contributed by atoms with E-state index in [1.807, 2.05) is 59.5 Å². The Kier molecular flexibility index (Phi) is 8.22. The molecule has 34 heavy (non-hydrogen) atoms. The molecule has 0 bridgehead atoms. The van der Waals surface area contributed by atoms with Crippen molar-refractivity contribution in [2.24, 2.45) is 0 Å². The summed E-state index contributed by atoms with van der Waals surface area (Å²) in [7, 11) is 1.58. The van der Waals surface area contributed by atoms with Gasteiger partial charge in [0.15, 0.2) is 29.6 Å². The van der Waals surface area contributed by atoms with Crippen LogP contribution in [-0.2, 0) is 11.3 Å². The van der Waals surface area contributed by atoms with Crippen molar-refractivity contribution < 1.29 is 23.7 Å². The zero-order chi connectivity index (χ0) is 23.6. The van der Waals surface area contributed by atoms with Gasteiger partial charge in [-0.15, -0.1) is 0 Å². The first kappa shape index (κ1) is 23.4. The summed E-state index contributed by atoms with van der Waals surface area (Å²) in [5.41, 5.74) is 0.819. The van der Waals surface area contributed by atoms with E-state index in [2.05, 4.69) is 4.98 Å². The van der Waals surface area contributed by atoms with E-state index in [-0.39, 0.29) is 12.5 Å². The molecule has 1 amide bonds. The number of hydrogen-bond donors (Lipinski definition) is 0. The average Bonchev–Trinajstić information content (AvgIpc) is 2.87. The lowest BCUT2D eigenvalue weighted by molar-refractivity contribution is -0.134. The van der Waals surface area contributed by atoms with Crippen LogP contribution < -0.4 is 18.9 Å². The number of rotatable bonds is 4. The number of ether oxygens (including phenoxy) is 4. The van der Waals surface area contributed by atoms with Crippen molar-refractivity contribution in [3.05, 3.63) is 72.4 Å². The second-order valence-corrected chi connectivity index (χ2v) is 8.03. The minimum Gasteiger partial charge on any atom is -0.493 e. The lowest BCUT2D eigenvalue weighted by Crippen LogP contribution is -2.35. The van der Waals surface area contributed by atoms with Gasteiger partial charge in [0, 0.05) is 18.3 Å². The van der Waals surface area contributed by atoms with Crippen molar-refractivity contribution in [2.75, 3.05) is 26.9 Å². The Bertz CT molecular complexity index is 1090. The largest absolute Gasteiger partial charge is 0.493 e. The number of pyridine rings is 1. The number of carbonyl (C=O) groups excluding carboxylic acids is 1. The van der Waals surface area contributed by atoms with Crippen LogP contribution in [0.5, 0.6) is 28.9 Å². The molecule has 0 radical (unpaired) electrons. The number of para-hydroxylation sites is 4. The molecule has 2 heterocycles. The monoisotopic (exact) mass is 462 g/mol. The first-order valence-corrected chi connectivity index (χ1v) is 11.6. The molecule has 1 aliphatic heterocycles. The summed E-state index contributed by atoms with van der Waals surface area (Å²) in [6.07, 6.45) is 5.56. The van der Waals surface area contributed by atoms with E-state index in [1.54, 1.807) is 19.4 Å². The standard InChI is InChI=1S/C27H30N2O5/c1-31-22-12-4-5-13-23(22)33-20-26(30)29-17-8-2-3-9-18-32-24-14-6-7-15-25(24)34-27-21(19-29)11-10-16-28-27/h4-7,10-16H,2-3,8-9,17-20H2,1H3. The summed E-state index contributed by atoms with van der Waals surface area (Å²) in [5, 5.41) is 0. The fourth-order valence-electron chi connectivity index (χ4n) is 3.80. The maximum absolute atomic E-state index is 13.2. The summed E-state index contributed by atoms with van der Waals surface area (Å²) in [6.45, 7) is 1.54. The van der Waals surface area contributed by atoms with Crippen LogP contribution in [-0.4, -0.2) is 42.7 Å². The molecule has 2 aromatic carbocycles. The molecular weight excluding hydrogens is 432 g/mol. The maximum Gasteiger partial charge on any atom is 0.260 e. The molecule has 1 aliphatic rings. The van der Waals surface area contributed by atoms with Gasteiger partial charge in [0.05, 0.1) is 20.3 Å². The third kappa shape index (κ3) is 6.19. The highest BCUT2D eigenvalue weighted by Gasteiger charge is 2.19. The number of carbonyl (C=O) groups is 1. The minimum atomic E-state index is -0.100. The predicted octanol–water partition coefficient (Wildman–Crippen LogP) is 5.24. The highest BCUT2D eigenvalue weighted by atomic mass is 16.5. The molecule has 0 fully saturated rings. The fourth-order valence-corrected chi connectivity index (χ4v) is 3.80. The zero-order valence-corrected chi connectivity index (χ0v) is 19.4. The van der Waals surface area contributed by atoms with E-state index in [9.17, 15) is 4.79 Å². The van der Waals surface area contributed by atoms with Crippen LogP contribution in [0.3, 0.4) is 0 Å². The number of hydrogen-bond acceptors (Lipinski definition) is 6. The molecular formula is C27H30N2O5. The molecule has 0 unspecified atom stereocenters. The average molecular weight is 463 g/mol. The maximum atomic E-state index is 13.2. The van der Waals surface area contributed by atoms with Gasteiger partial charge in [-0.3, -0.25) is 4.79 Å². The van der Waals surface area contributed by atoms with Crippen LogP contribution in [0, 0.1) is 0 Å². The Morgan fingerprint density at radius 1 is 0.941 bits per heavy atom. The highest BCUT2D eigenvalue weighted by Crippen LogP contribution is 2.33. The molecule has 7 nitrogen and oxygen atoms in total. The fraction of sp³-hybridized carbons (Fsp3) is 0.333. The van der Waals surface area contributed by atoms with Crippen molar-refractivity contribution in [3.8, 4) is 28.9 Å². The topological polar surface area (TPSA) is 70.1 Å². The SMILES string of the molecule is COc1ccccc1OCC(=O)N1CCCCCCOc2ccccc2Oc2ncccc2C1. The lowest BCUT2D eigenvalue weighted by Gasteiger charge is -2.24. The number of amides is 1. The second kappa shape index (κ2) is 11.9. The van der Waals surface area contributed by atoms with E-state index in [0.29, 0.717) is 48.6 Å². The number of benzene rings is 2. The van der Waals surface area contributed by atoms with Gasteiger partial charge >= 0.3 is 0 Å². The van der Waals surface area contributed by atoms with Gasteiger partial charge in [0.1, 0.15) is 0 Å². The van der Waals surface area contributed by atoms with E-state index >= 15 is 0 Å². The smallest absolute Gasteiger partial charge is 0.260 e. The van der Waals surface area contributed by atoms with Gasteiger partial charge in [-0.1, -0.05) is 43.2 Å². The first-order valence-electron chi connectivity index (χ1n) is 11.6. The van der Waals surface area contributed by atoms with Crippen LogP contribution in [0.4, 0.5) is 0 Å². The summed E-state index contributed by atoms with van der Waals surface area (Å²) in [4.78, 5) is 19.4. The summed E-state index contributed by atoms with van der Waals surface area (Å²) < 4.78 is 23.2. The highest BCUT2D eigenvalue weighted by molar-refractivity contribution is 5.78. The van der Waals surface area contributed by atoms with Crippen molar-refractivity contribution in [1.29, 1.82) is 0 Å². The quantitative estimate of drug-likeness (QED) is 0.528. The number of aromatic nitrogens is 1. The van der Waals surface area contributed by atoms with Gasteiger partial charge in [0.25, 0.3) is 5.91 Å². The van der Waals surface area contributed by atoms with Crippen molar-refractivity contribution in [3.63, 3.8) is 0 Å². The van der Waals surface area contributed by atoms with Crippen LogP contribution in [0.2, 0.25) is 0 Å². The van der Waals surface area contributed by atoms with E-state index in [0.717, 1.165) is 31.2 Å². The third-order valence-corrected chi connectivity index (χ3v) is 5.62. The van der Waals surface area contributed by atoms with Crippen LogP contribution in [0.15, 0.2) is 66.9 Å². The molecule has 7 heteroatoms. The molecule has 4 rings (SSSR count). The summed E-state index contributed by atoms with van der Waals surface area (Å²) in [6, 6.07) is 18.7. The Morgan fingerprint density at radius 2 is 1.71 bits per heavy atom. The number of fused-ring (bicyclic) bond motifs is 2. The van der Waals surface area contributed by atoms with Crippen molar-refractivity contribution in [2.45, 2.75) is 32.2 Å². The van der Waals surface area contributed by atoms with Crippen LogP contribution in [0.25, 0.3) is 0 Å². The second-order valence-electron chi connectivity index (χ2n) is 8.03. The molecule has 3 aromatic rings. The Hall–Kier alpha value is -3.74. The molecule has 0 saturated heterocycles. The van der Waals surface area contributed by atoms with Crippen molar-refractivity contribution in [1.82, 2.24) is 9.88 Å². The van der Waals surface area contributed by atoms with Gasteiger partial charge in [-0.25, -0.2) is 4.98 Å². The van der Waals surface area contributed by atoms with E-state index in [4.69, 9.17) is 18.9 Å². The molecule has 0 N–H and O–H groups in total. The molecule has 0 spiro atoms. The number of methoxy groups -OCH3 is 1. The Balaban J connectivity index is 1.54. The molecule has 178 valence electrons. The first-order chi connectivity index (χ1) is 16.7. The molecule has 1 aromatic heterocycles.